The maximum Gasteiger partial charge on any atom is 0.274 e. The van der Waals surface area contributed by atoms with Crippen molar-refractivity contribution in [1.82, 2.24) is 10.3 Å². The van der Waals surface area contributed by atoms with Gasteiger partial charge in [0, 0.05) is 17.8 Å². The number of halogens is 2. The van der Waals surface area contributed by atoms with Crippen molar-refractivity contribution < 1.29 is 22.8 Å². The number of pyridine rings is 1. The first-order valence-electron chi connectivity index (χ1n) is 7.56. The molecule has 26 heavy (non-hydrogen) atoms. The lowest BCUT2D eigenvalue weighted by molar-refractivity contribution is 0.0948. The van der Waals surface area contributed by atoms with Crippen LogP contribution in [0.25, 0.3) is 0 Å². The normalized spacial score (nSPS) is 10.4. The summed E-state index contributed by atoms with van der Waals surface area (Å²) in [4.78, 5) is 28.2. The average molecular weight is 357 g/mol. The summed E-state index contributed by atoms with van der Waals surface area (Å²) >= 11 is 0. The Hall–Kier alpha value is -3.55. The number of hydrogen-bond donors (Lipinski definition) is 2. The fourth-order valence-electron chi connectivity index (χ4n) is 2.16. The van der Waals surface area contributed by atoms with Crippen LogP contribution in [0, 0.1) is 11.6 Å². The molecule has 2 N–H and O–H groups in total. The van der Waals surface area contributed by atoms with E-state index in [-0.39, 0.29) is 23.5 Å². The van der Waals surface area contributed by atoms with Gasteiger partial charge in [-0.3, -0.25) is 14.6 Å². The summed E-state index contributed by atoms with van der Waals surface area (Å²) in [5, 5.41) is 4.92. The van der Waals surface area contributed by atoms with Gasteiger partial charge in [0.05, 0.1) is 18.5 Å². The lowest BCUT2D eigenvalue weighted by Gasteiger charge is -2.07. The zero-order chi connectivity index (χ0) is 18.5. The number of hydrogen-bond acceptors (Lipinski definition) is 4. The van der Waals surface area contributed by atoms with Crippen molar-refractivity contribution in [1.29, 1.82) is 0 Å². The molecule has 132 valence electrons. The number of amides is 2. The molecule has 6 nitrogen and oxygen atoms in total. The van der Waals surface area contributed by atoms with Gasteiger partial charge in [0.1, 0.15) is 23.1 Å². The summed E-state index contributed by atoms with van der Waals surface area (Å²) in [6.07, 6.45) is 2.78. The van der Waals surface area contributed by atoms with Crippen molar-refractivity contribution in [2.75, 3.05) is 5.32 Å². The van der Waals surface area contributed by atoms with Crippen LogP contribution in [0.2, 0.25) is 0 Å². The molecule has 0 atom stereocenters. The number of nitrogens with one attached hydrogen (secondary N) is 2. The van der Waals surface area contributed by atoms with Gasteiger partial charge in [-0.25, -0.2) is 8.78 Å². The summed E-state index contributed by atoms with van der Waals surface area (Å²) in [5.41, 5.74) is -0.0680. The van der Waals surface area contributed by atoms with Gasteiger partial charge >= 0.3 is 0 Å². The molecule has 2 heterocycles. The topological polar surface area (TPSA) is 84.2 Å². The molecule has 0 aliphatic heterocycles. The van der Waals surface area contributed by atoms with E-state index in [9.17, 15) is 18.4 Å². The summed E-state index contributed by atoms with van der Waals surface area (Å²) in [6.45, 7) is 0.191. The van der Waals surface area contributed by atoms with Crippen LogP contribution in [0.3, 0.4) is 0 Å². The molecule has 0 bridgehead atoms. The van der Waals surface area contributed by atoms with Gasteiger partial charge in [-0.05, 0) is 36.4 Å². The zero-order valence-corrected chi connectivity index (χ0v) is 13.3. The van der Waals surface area contributed by atoms with E-state index < -0.39 is 23.4 Å². The molecule has 2 aromatic heterocycles. The van der Waals surface area contributed by atoms with Crippen molar-refractivity contribution in [3.8, 4) is 0 Å². The SMILES string of the molecule is O=C(NCc1ccco1)c1ccnc(C(=O)Nc2ccc(F)cc2F)c1. The third-order valence-electron chi connectivity index (χ3n) is 3.44. The van der Waals surface area contributed by atoms with Crippen molar-refractivity contribution in [3.63, 3.8) is 0 Å². The summed E-state index contributed by atoms with van der Waals surface area (Å²) in [7, 11) is 0. The van der Waals surface area contributed by atoms with Gasteiger partial charge < -0.3 is 15.1 Å². The minimum atomic E-state index is -0.911. The smallest absolute Gasteiger partial charge is 0.274 e. The van der Waals surface area contributed by atoms with E-state index in [0.29, 0.717) is 11.8 Å². The molecule has 0 aliphatic rings. The minimum Gasteiger partial charge on any atom is -0.467 e. The number of carbonyl (C=O) groups excluding carboxylic acids is 2. The Balaban J connectivity index is 1.69. The number of nitrogens with zero attached hydrogens (tertiary/aromatic N) is 1. The Bertz CT molecular complexity index is 943. The van der Waals surface area contributed by atoms with E-state index in [1.165, 1.54) is 24.6 Å². The largest absolute Gasteiger partial charge is 0.467 e. The molecular formula is C18H13F2N3O3. The van der Waals surface area contributed by atoms with Gasteiger partial charge in [0.2, 0.25) is 0 Å². The molecule has 1 aromatic carbocycles. The zero-order valence-electron chi connectivity index (χ0n) is 13.3. The van der Waals surface area contributed by atoms with Crippen LogP contribution in [0.15, 0.2) is 59.3 Å². The highest BCUT2D eigenvalue weighted by Crippen LogP contribution is 2.16. The quantitative estimate of drug-likeness (QED) is 0.735. The summed E-state index contributed by atoms with van der Waals surface area (Å²) in [6, 6.07) is 8.89. The highest BCUT2D eigenvalue weighted by atomic mass is 19.1. The molecule has 0 saturated heterocycles. The Morgan fingerprint density at radius 2 is 1.92 bits per heavy atom. The third-order valence-corrected chi connectivity index (χ3v) is 3.44. The van der Waals surface area contributed by atoms with E-state index in [2.05, 4.69) is 15.6 Å². The highest BCUT2D eigenvalue weighted by Gasteiger charge is 2.14. The molecule has 2 amide bonds. The number of benzene rings is 1. The van der Waals surface area contributed by atoms with Gasteiger partial charge in [-0.2, -0.15) is 0 Å². The molecule has 3 rings (SSSR count). The number of furan rings is 1. The molecule has 0 fully saturated rings. The maximum atomic E-state index is 13.6. The van der Waals surface area contributed by atoms with Crippen molar-refractivity contribution in [3.05, 3.63) is 83.6 Å². The molecule has 0 aliphatic carbocycles. The number of anilines is 1. The van der Waals surface area contributed by atoms with Crippen LogP contribution in [0.4, 0.5) is 14.5 Å². The molecular weight excluding hydrogens is 344 g/mol. The minimum absolute atomic E-state index is 0.0839. The summed E-state index contributed by atoms with van der Waals surface area (Å²) < 4.78 is 31.6. The molecule has 0 radical (unpaired) electrons. The lowest BCUT2D eigenvalue weighted by atomic mass is 10.2. The lowest BCUT2D eigenvalue weighted by Crippen LogP contribution is -2.23. The van der Waals surface area contributed by atoms with Gasteiger partial charge in [0.15, 0.2) is 0 Å². The molecule has 0 spiro atoms. The molecule has 0 saturated carbocycles. The Kier molecular flexibility index (Phi) is 5.02. The molecule has 3 aromatic rings. The average Bonchev–Trinajstić information content (AvgIpc) is 3.15. The standard InChI is InChI=1S/C18H13F2N3O3/c19-12-3-4-15(14(20)9-12)23-18(25)16-8-11(5-6-21-16)17(24)22-10-13-2-1-7-26-13/h1-9H,10H2,(H,22,24)(H,23,25). The number of carbonyl (C=O) groups is 2. The van der Waals surface area contributed by atoms with Crippen LogP contribution in [0.1, 0.15) is 26.6 Å². The van der Waals surface area contributed by atoms with E-state index in [0.717, 1.165) is 12.1 Å². The first-order chi connectivity index (χ1) is 12.5. The van der Waals surface area contributed by atoms with Crippen molar-refractivity contribution in [2.45, 2.75) is 6.54 Å². The van der Waals surface area contributed by atoms with E-state index in [1.807, 2.05) is 0 Å². The van der Waals surface area contributed by atoms with Crippen molar-refractivity contribution in [2.24, 2.45) is 0 Å². The van der Waals surface area contributed by atoms with Crippen LogP contribution in [-0.4, -0.2) is 16.8 Å². The Morgan fingerprint density at radius 1 is 1.08 bits per heavy atom. The van der Waals surface area contributed by atoms with Crippen molar-refractivity contribution >= 4 is 17.5 Å². The van der Waals surface area contributed by atoms with Crippen LogP contribution >= 0.6 is 0 Å². The predicted molar refractivity (Wildman–Crippen MR) is 88.4 cm³/mol. The van der Waals surface area contributed by atoms with E-state index >= 15 is 0 Å². The fraction of sp³-hybridized carbons (Fsp3) is 0.0556. The van der Waals surface area contributed by atoms with Crippen LogP contribution in [0.5, 0.6) is 0 Å². The maximum absolute atomic E-state index is 13.6. The van der Waals surface area contributed by atoms with Gasteiger partial charge in [-0.15, -0.1) is 0 Å². The number of aromatic nitrogens is 1. The first kappa shape index (κ1) is 17.3. The van der Waals surface area contributed by atoms with Crippen LogP contribution < -0.4 is 10.6 Å². The monoisotopic (exact) mass is 357 g/mol. The van der Waals surface area contributed by atoms with Gasteiger partial charge in [0.25, 0.3) is 11.8 Å². The Labute approximate surface area is 146 Å². The first-order valence-corrected chi connectivity index (χ1v) is 7.56. The second-order valence-corrected chi connectivity index (χ2v) is 5.27. The van der Waals surface area contributed by atoms with E-state index in [4.69, 9.17) is 4.42 Å². The molecule has 0 unspecified atom stereocenters. The Morgan fingerprint density at radius 3 is 2.65 bits per heavy atom. The predicted octanol–water partition coefficient (Wildman–Crippen LogP) is 3.14. The second-order valence-electron chi connectivity index (χ2n) is 5.27. The van der Waals surface area contributed by atoms with Crippen LogP contribution in [-0.2, 0) is 6.54 Å². The number of rotatable bonds is 5. The third kappa shape index (κ3) is 4.10. The summed E-state index contributed by atoms with van der Waals surface area (Å²) in [5.74, 6) is -2.24. The second kappa shape index (κ2) is 7.56. The van der Waals surface area contributed by atoms with Gasteiger partial charge in [-0.1, -0.05) is 0 Å². The van der Waals surface area contributed by atoms with E-state index in [1.54, 1.807) is 12.1 Å². The highest BCUT2D eigenvalue weighted by molar-refractivity contribution is 6.04. The fourth-order valence-corrected chi connectivity index (χ4v) is 2.16. The molecule has 8 heteroatoms.